The first-order valence-corrected chi connectivity index (χ1v) is 5.40. The Morgan fingerprint density at radius 1 is 1.38 bits per heavy atom. The Hall–Kier alpha value is -1.68. The molecule has 1 unspecified atom stereocenters. The van der Waals surface area contributed by atoms with Crippen LogP contribution < -0.4 is 5.32 Å². The molecule has 2 heterocycles. The van der Waals surface area contributed by atoms with E-state index in [1.807, 2.05) is 31.3 Å². The molecule has 84 valence electrons. The summed E-state index contributed by atoms with van der Waals surface area (Å²) < 4.78 is 0. The molecule has 0 spiro atoms. The third-order valence-corrected chi connectivity index (χ3v) is 2.64. The Labute approximate surface area is 95.1 Å². The highest BCUT2D eigenvalue weighted by atomic mass is 15.0. The molecule has 2 aromatic rings. The van der Waals surface area contributed by atoms with Gasteiger partial charge in [0.25, 0.3) is 0 Å². The molecule has 0 saturated carbocycles. The third kappa shape index (κ3) is 2.46. The SMILES string of the molecule is Cc1[nH]cnc1CNC(C)c1ccccn1. The van der Waals surface area contributed by atoms with Crippen molar-refractivity contribution >= 4 is 0 Å². The molecule has 0 radical (unpaired) electrons. The van der Waals surface area contributed by atoms with Gasteiger partial charge in [-0.3, -0.25) is 4.98 Å². The summed E-state index contributed by atoms with van der Waals surface area (Å²) in [5, 5.41) is 3.40. The van der Waals surface area contributed by atoms with Crippen LogP contribution >= 0.6 is 0 Å². The topological polar surface area (TPSA) is 53.6 Å². The molecule has 2 aromatic heterocycles. The molecule has 0 aliphatic carbocycles. The maximum Gasteiger partial charge on any atom is 0.0925 e. The van der Waals surface area contributed by atoms with Crippen molar-refractivity contribution in [2.45, 2.75) is 26.4 Å². The molecule has 0 aromatic carbocycles. The van der Waals surface area contributed by atoms with Gasteiger partial charge in [0.2, 0.25) is 0 Å². The number of imidazole rings is 1. The molecule has 1 atom stereocenters. The smallest absolute Gasteiger partial charge is 0.0925 e. The summed E-state index contributed by atoms with van der Waals surface area (Å²) in [7, 11) is 0. The van der Waals surface area contributed by atoms with Crippen LogP contribution in [0.5, 0.6) is 0 Å². The predicted molar refractivity (Wildman–Crippen MR) is 62.8 cm³/mol. The van der Waals surface area contributed by atoms with Gasteiger partial charge in [-0.25, -0.2) is 4.98 Å². The summed E-state index contributed by atoms with van der Waals surface area (Å²) in [5.41, 5.74) is 3.22. The van der Waals surface area contributed by atoms with E-state index < -0.39 is 0 Å². The van der Waals surface area contributed by atoms with Crippen LogP contribution in [0.3, 0.4) is 0 Å². The van der Waals surface area contributed by atoms with E-state index in [1.54, 1.807) is 6.33 Å². The highest BCUT2D eigenvalue weighted by Gasteiger charge is 2.07. The van der Waals surface area contributed by atoms with Gasteiger partial charge >= 0.3 is 0 Å². The Kier molecular flexibility index (Phi) is 3.31. The first kappa shape index (κ1) is 10.8. The van der Waals surface area contributed by atoms with Gasteiger partial charge in [0.15, 0.2) is 0 Å². The number of rotatable bonds is 4. The van der Waals surface area contributed by atoms with Gasteiger partial charge in [-0.05, 0) is 26.0 Å². The standard InChI is InChI=1S/C12H16N4/c1-9(11-5-3-4-6-13-11)14-7-12-10(2)15-8-16-12/h3-6,8-9,14H,7H2,1-2H3,(H,15,16). The number of nitrogens with one attached hydrogen (secondary N) is 2. The van der Waals surface area contributed by atoms with Crippen LogP contribution in [0.15, 0.2) is 30.7 Å². The summed E-state index contributed by atoms with van der Waals surface area (Å²) in [5.74, 6) is 0. The first-order chi connectivity index (χ1) is 7.77. The van der Waals surface area contributed by atoms with Crippen molar-refractivity contribution in [3.8, 4) is 0 Å². The second kappa shape index (κ2) is 4.90. The minimum Gasteiger partial charge on any atom is -0.348 e. The Balaban J connectivity index is 1.94. The minimum atomic E-state index is 0.234. The van der Waals surface area contributed by atoms with Crippen LogP contribution in [0, 0.1) is 6.92 Å². The summed E-state index contributed by atoms with van der Waals surface area (Å²) >= 11 is 0. The summed E-state index contributed by atoms with van der Waals surface area (Å²) in [6.07, 6.45) is 3.53. The van der Waals surface area contributed by atoms with E-state index in [0.29, 0.717) is 0 Å². The highest BCUT2D eigenvalue weighted by Crippen LogP contribution is 2.09. The highest BCUT2D eigenvalue weighted by molar-refractivity contribution is 5.11. The molecule has 0 amide bonds. The van der Waals surface area contributed by atoms with Gasteiger partial charge in [0.1, 0.15) is 0 Å². The van der Waals surface area contributed by atoms with E-state index in [4.69, 9.17) is 0 Å². The lowest BCUT2D eigenvalue weighted by Crippen LogP contribution is -2.19. The van der Waals surface area contributed by atoms with Crippen molar-refractivity contribution in [2.24, 2.45) is 0 Å². The van der Waals surface area contributed by atoms with Crippen molar-refractivity contribution in [3.63, 3.8) is 0 Å². The Morgan fingerprint density at radius 2 is 2.25 bits per heavy atom. The monoisotopic (exact) mass is 216 g/mol. The van der Waals surface area contributed by atoms with E-state index in [1.165, 1.54) is 0 Å². The molecule has 2 N–H and O–H groups in total. The molecular formula is C12H16N4. The fraction of sp³-hybridized carbons (Fsp3) is 0.333. The van der Waals surface area contributed by atoms with Crippen LogP contribution in [0.4, 0.5) is 0 Å². The predicted octanol–water partition coefficient (Wildman–Crippen LogP) is 1.96. The van der Waals surface area contributed by atoms with Crippen molar-refractivity contribution in [2.75, 3.05) is 0 Å². The molecule has 0 bridgehead atoms. The van der Waals surface area contributed by atoms with Crippen molar-refractivity contribution < 1.29 is 0 Å². The second-order valence-corrected chi connectivity index (χ2v) is 3.83. The average molecular weight is 216 g/mol. The fourth-order valence-corrected chi connectivity index (χ4v) is 1.55. The van der Waals surface area contributed by atoms with Gasteiger partial charge in [0.05, 0.1) is 17.7 Å². The Bertz CT molecular complexity index is 435. The zero-order valence-electron chi connectivity index (χ0n) is 9.57. The molecule has 16 heavy (non-hydrogen) atoms. The van der Waals surface area contributed by atoms with Crippen LogP contribution in [-0.4, -0.2) is 15.0 Å². The number of hydrogen-bond donors (Lipinski definition) is 2. The maximum atomic E-state index is 4.31. The summed E-state index contributed by atoms with van der Waals surface area (Å²) in [4.78, 5) is 11.6. The lowest BCUT2D eigenvalue weighted by Gasteiger charge is -2.12. The molecule has 4 heteroatoms. The zero-order valence-corrected chi connectivity index (χ0v) is 9.57. The molecule has 0 fully saturated rings. The van der Waals surface area contributed by atoms with Crippen molar-refractivity contribution in [1.82, 2.24) is 20.3 Å². The van der Waals surface area contributed by atoms with Crippen molar-refractivity contribution in [3.05, 3.63) is 47.8 Å². The lowest BCUT2D eigenvalue weighted by atomic mass is 10.2. The van der Waals surface area contributed by atoms with Gasteiger partial charge in [-0.2, -0.15) is 0 Å². The first-order valence-electron chi connectivity index (χ1n) is 5.40. The molecule has 0 saturated heterocycles. The number of H-pyrrole nitrogens is 1. The largest absolute Gasteiger partial charge is 0.348 e. The van der Waals surface area contributed by atoms with Crippen LogP contribution in [0.2, 0.25) is 0 Å². The number of aryl methyl sites for hydroxylation is 1. The molecule has 0 aliphatic rings. The van der Waals surface area contributed by atoms with E-state index in [9.17, 15) is 0 Å². The average Bonchev–Trinajstić information content (AvgIpc) is 2.73. The van der Waals surface area contributed by atoms with Crippen LogP contribution in [0.25, 0.3) is 0 Å². The minimum absolute atomic E-state index is 0.234. The van der Waals surface area contributed by atoms with Gasteiger partial charge in [-0.1, -0.05) is 6.07 Å². The van der Waals surface area contributed by atoms with E-state index in [0.717, 1.165) is 23.6 Å². The molecular weight excluding hydrogens is 200 g/mol. The summed E-state index contributed by atoms with van der Waals surface area (Å²) in [6, 6.07) is 6.18. The molecule has 4 nitrogen and oxygen atoms in total. The van der Waals surface area contributed by atoms with Crippen molar-refractivity contribution in [1.29, 1.82) is 0 Å². The normalized spacial score (nSPS) is 12.6. The number of aromatic nitrogens is 3. The van der Waals surface area contributed by atoms with E-state index in [2.05, 4.69) is 27.2 Å². The number of aromatic amines is 1. The number of hydrogen-bond acceptors (Lipinski definition) is 3. The third-order valence-electron chi connectivity index (χ3n) is 2.64. The second-order valence-electron chi connectivity index (χ2n) is 3.83. The van der Waals surface area contributed by atoms with Gasteiger partial charge < -0.3 is 10.3 Å². The zero-order chi connectivity index (χ0) is 11.4. The van der Waals surface area contributed by atoms with Gasteiger partial charge in [0, 0.05) is 24.5 Å². The van der Waals surface area contributed by atoms with Gasteiger partial charge in [-0.15, -0.1) is 0 Å². The maximum absolute atomic E-state index is 4.31. The molecule has 0 aliphatic heterocycles. The fourth-order valence-electron chi connectivity index (χ4n) is 1.55. The quantitative estimate of drug-likeness (QED) is 0.821. The van der Waals surface area contributed by atoms with E-state index >= 15 is 0 Å². The summed E-state index contributed by atoms with van der Waals surface area (Å²) in [6.45, 7) is 4.88. The van der Waals surface area contributed by atoms with Crippen LogP contribution in [0.1, 0.15) is 30.0 Å². The lowest BCUT2D eigenvalue weighted by molar-refractivity contribution is 0.555. The molecule has 2 rings (SSSR count). The number of pyridine rings is 1. The Morgan fingerprint density at radius 3 is 2.88 bits per heavy atom. The number of nitrogens with zero attached hydrogens (tertiary/aromatic N) is 2. The van der Waals surface area contributed by atoms with Crippen LogP contribution in [-0.2, 0) is 6.54 Å². The van der Waals surface area contributed by atoms with E-state index in [-0.39, 0.29) is 6.04 Å².